The van der Waals surface area contributed by atoms with Crippen LogP contribution in [-0.2, 0) is 0 Å². The van der Waals surface area contributed by atoms with E-state index < -0.39 is 5.97 Å². The molecule has 4 heteroatoms. The van der Waals surface area contributed by atoms with Gasteiger partial charge < -0.3 is 14.6 Å². The molecule has 2 rings (SSSR count). The molecule has 1 N–H and O–H groups in total. The highest BCUT2D eigenvalue weighted by atomic mass is 16.6. The van der Waals surface area contributed by atoms with Crippen LogP contribution in [0.1, 0.15) is 15.9 Å². The molecule has 0 atom stereocenters. The van der Waals surface area contributed by atoms with E-state index >= 15 is 0 Å². The molecule has 0 saturated heterocycles. The molecule has 0 bridgehead atoms. The molecule has 1 aliphatic rings. The van der Waals surface area contributed by atoms with Gasteiger partial charge in [-0.1, -0.05) is 0 Å². The van der Waals surface area contributed by atoms with Gasteiger partial charge in [0.05, 0.1) is 5.56 Å². The second-order valence-electron chi connectivity index (χ2n) is 3.07. The predicted molar refractivity (Wildman–Crippen MR) is 49.1 cm³/mol. The third-order valence-corrected chi connectivity index (χ3v) is 2.19. The molecule has 0 aromatic heterocycles. The number of rotatable bonds is 1. The SMILES string of the molecule is Cc1c(C(=O)O)ccc2c1OCCO2. The van der Waals surface area contributed by atoms with Crippen LogP contribution < -0.4 is 9.47 Å². The number of ether oxygens (including phenoxy) is 2. The van der Waals surface area contributed by atoms with E-state index in [0.717, 1.165) is 0 Å². The van der Waals surface area contributed by atoms with Crippen LogP contribution >= 0.6 is 0 Å². The lowest BCUT2D eigenvalue weighted by Gasteiger charge is -2.20. The van der Waals surface area contributed by atoms with Gasteiger partial charge in [-0.2, -0.15) is 0 Å². The Morgan fingerprint density at radius 1 is 1.36 bits per heavy atom. The molecule has 0 unspecified atom stereocenters. The zero-order valence-corrected chi connectivity index (χ0v) is 7.74. The maximum atomic E-state index is 10.8. The van der Waals surface area contributed by atoms with E-state index in [2.05, 4.69) is 0 Å². The van der Waals surface area contributed by atoms with Gasteiger partial charge in [0.15, 0.2) is 11.5 Å². The van der Waals surface area contributed by atoms with Gasteiger partial charge in [0.25, 0.3) is 0 Å². The third-order valence-electron chi connectivity index (χ3n) is 2.19. The molecule has 1 aromatic carbocycles. The molecular weight excluding hydrogens is 184 g/mol. The van der Waals surface area contributed by atoms with Crippen molar-refractivity contribution in [3.63, 3.8) is 0 Å². The fourth-order valence-corrected chi connectivity index (χ4v) is 1.49. The van der Waals surface area contributed by atoms with E-state index in [1.54, 1.807) is 13.0 Å². The van der Waals surface area contributed by atoms with E-state index in [0.29, 0.717) is 30.3 Å². The largest absolute Gasteiger partial charge is 0.486 e. The summed E-state index contributed by atoms with van der Waals surface area (Å²) >= 11 is 0. The molecule has 1 aliphatic heterocycles. The van der Waals surface area contributed by atoms with Gasteiger partial charge in [0.2, 0.25) is 0 Å². The first-order valence-electron chi connectivity index (χ1n) is 4.32. The van der Waals surface area contributed by atoms with Gasteiger partial charge >= 0.3 is 5.97 Å². The van der Waals surface area contributed by atoms with Crippen LogP contribution in [0.2, 0.25) is 0 Å². The highest BCUT2D eigenvalue weighted by Gasteiger charge is 2.18. The minimum atomic E-state index is -0.945. The molecular formula is C10H10O4. The summed E-state index contributed by atoms with van der Waals surface area (Å²) in [6, 6.07) is 3.16. The molecule has 14 heavy (non-hydrogen) atoms. The van der Waals surface area contributed by atoms with Gasteiger partial charge in [-0.3, -0.25) is 0 Å². The molecule has 1 heterocycles. The van der Waals surface area contributed by atoms with Crippen LogP contribution in [0, 0.1) is 6.92 Å². The van der Waals surface area contributed by atoms with Gasteiger partial charge in [0.1, 0.15) is 13.2 Å². The summed E-state index contributed by atoms with van der Waals surface area (Å²) in [6.45, 7) is 2.70. The predicted octanol–water partition coefficient (Wildman–Crippen LogP) is 1.46. The monoisotopic (exact) mass is 194 g/mol. The quantitative estimate of drug-likeness (QED) is 0.735. The Kier molecular flexibility index (Phi) is 2.04. The highest BCUT2D eigenvalue weighted by Crippen LogP contribution is 2.35. The van der Waals surface area contributed by atoms with Crippen molar-refractivity contribution in [1.29, 1.82) is 0 Å². The summed E-state index contributed by atoms with van der Waals surface area (Å²) in [5, 5.41) is 8.87. The molecule has 74 valence electrons. The summed E-state index contributed by atoms with van der Waals surface area (Å²) in [5.74, 6) is 0.231. The van der Waals surface area contributed by atoms with Gasteiger partial charge in [-0.15, -0.1) is 0 Å². The first-order valence-corrected chi connectivity index (χ1v) is 4.32. The van der Waals surface area contributed by atoms with E-state index in [-0.39, 0.29) is 5.56 Å². The van der Waals surface area contributed by atoms with Crippen molar-refractivity contribution in [1.82, 2.24) is 0 Å². The molecule has 0 spiro atoms. The summed E-state index contributed by atoms with van der Waals surface area (Å²) in [4.78, 5) is 10.8. The minimum Gasteiger partial charge on any atom is -0.486 e. The standard InChI is InChI=1S/C10H10O4/c1-6-7(10(11)12)2-3-8-9(6)14-5-4-13-8/h2-3H,4-5H2,1H3,(H,11,12). The number of hydrogen-bond acceptors (Lipinski definition) is 3. The summed E-state index contributed by atoms with van der Waals surface area (Å²) in [6.07, 6.45) is 0. The molecule has 1 aromatic rings. The van der Waals surface area contributed by atoms with Crippen LogP contribution in [-0.4, -0.2) is 24.3 Å². The Morgan fingerprint density at radius 2 is 2.07 bits per heavy atom. The summed E-state index contributed by atoms with van der Waals surface area (Å²) < 4.78 is 10.7. The average Bonchev–Trinajstić information content (AvgIpc) is 2.18. The number of aromatic carboxylic acids is 1. The van der Waals surface area contributed by atoms with Crippen LogP contribution in [0.3, 0.4) is 0 Å². The number of benzene rings is 1. The lowest BCUT2D eigenvalue weighted by atomic mass is 10.1. The van der Waals surface area contributed by atoms with Crippen molar-refractivity contribution < 1.29 is 19.4 Å². The number of hydrogen-bond donors (Lipinski definition) is 1. The molecule has 0 fully saturated rings. The molecule has 0 aliphatic carbocycles. The first-order chi connectivity index (χ1) is 6.70. The van der Waals surface area contributed by atoms with Crippen LogP contribution in [0.4, 0.5) is 0 Å². The van der Waals surface area contributed by atoms with E-state index in [1.807, 2.05) is 0 Å². The van der Waals surface area contributed by atoms with E-state index in [9.17, 15) is 4.79 Å². The van der Waals surface area contributed by atoms with Crippen molar-refractivity contribution in [2.24, 2.45) is 0 Å². The fourth-order valence-electron chi connectivity index (χ4n) is 1.49. The Balaban J connectivity index is 2.54. The maximum Gasteiger partial charge on any atom is 0.336 e. The molecule has 0 radical (unpaired) electrons. The zero-order chi connectivity index (χ0) is 10.1. The Hall–Kier alpha value is -1.71. The highest BCUT2D eigenvalue weighted by molar-refractivity contribution is 5.90. The average molecular weight is 194 g/mol. The number of carboxylic acids is 1. The third kappa shape index (κ3) is 1.28. The lowest BCUT2D eigenvalue weighted by Crippen LogP contribution is -2.17. The fraction of sp³-hybridized carbons (Fsp3) is 0.300. The van der Waals surface area contributed by atoms with Crippen molar-refractivity contribution in [3.05, 3.63) is 23.3 Å². The van der Waals surface area contributed by atoms with E-state index in [4.69, 9.17) is 14.6 Å². The van der Waals surface area contributed by atoms with Crippen LogP contribution in [0.25, 0.3) is 0 Å². The Labute approximate surface area is 81.1 Å². The maximum absolute atomic E-state index is 10.8. The van der Waals surface area contributed by atoms with Gasteiger partial charge in [-0.05, 0) is 19.1 Å². The topological polar surface area (TPSA) is 55.8 Å². The van der Waals surface area contributed by atoms with Crippen LogP contribution in [0.15, 0.2) is 12.1 Å². The Morgan fingerprint density at radius 3 is 2.79 bits per heavy atom. The van der Waals surface area contributed by atoms with Crippen molar-refractivity contribution in [3.8, 4) is 11.5 Å². The second-order valence-corrected chi connectivity index (χ2v) is 3.07. The molecule has 4 nitrogen and oxygen atoms in total. The molecule has 0 amide bonds. The lowest BCUT2D eigenvalue weighted by molar-refractivity contribution is 0.0694. The number of fused-ring (bicyclic) bond motifs is 1. The summed E-state index contributed by atoms with van der Waals surface area (Å²) in [5.41, 5.74) is 0.879. The first kappa shape index (κ1) is 8.87. The van der Waals surface area contributed by atoms with E-state index in [1.165, 1.54) is 6.07 Å². The summed E-state index contributed by atoms with van der Waals surface area (Å²) in [7, 11) is 0. The van der Waals surface area contributed by atoms with Crippen LogP contribution in [0.5, 0.6) is 11.5 Å². The second kappa shape index (κ2) is 3.21. The number of carboxylic acid groups (broad SMARTS) is 1. The van der Waals surface area contributed by atoms with Gasteiger partial charge in [-0.25, -0.2) is 4.79 Å². The normalized spacial score (nSPS) is 13.8. The van der Waals surface area contributed by atoms with Crippen molar-refractivity contribution in [2.75, 3.05) is 13.2 Å². The zero-order valence-electron chi connectivity index (χ0n) is 7.74. The van der Waals surface area contributed by atoms with Crippen molar-refractivity contribution in [2.45, 2.75) is 6.92 Å². The number of carbonyl (C=O) groups is 1. The smallest absolute Gasteiger partial charge is 0.336 e. The Bertz CT molecular complexity index is 384. The van der Waals surface area contributed by atoms with Gasteiger partial charge in [0, 0.05) is 5.56 Å². The van der Waals surface area contributed by atoms with Crippen molar-refractivity contribution >= 4 is 5.97 Å². The minimum absolute atomic E-state index is 0.259. The molecule has 0 saturated carbocycles.